The average molecular weight is 282 g/mol. The molecule has 19 heavy (non-hydrogen) atoms. The molecule has 2 nitrogen and oxygen atoms in total. The van der Waals surface area contributed by atoms with Crippen molar-refractivity contribution in [3.8, 4) is 0 Å². The summed E-state index contributed by atoms with van der Waals surface area (Å²) in [5.41, 5.74) is 3.28. The fraction of sp³-hybridized carbons (Fsp3) is 0.625. The molecular weight excluding hydrogens is 258 g/mol. The van der Waals surface area contributed by atoms with Crippen molar-refractivity contribution in [1.82, 2.24) is 4.90 Å². The van der Waals surface area contributed by atoms with Gasteiger partial charge in [-0.1, -0.05) is 31.2 Å². The Hall–Kier alpha value is -0.570. The molecule has 1 fully saturated rings. The summed E-state index contributed by atoms with van der Waals surface area (Å²) in [6.45, 7) is 7.69. The first-order valence-electron chi connectivity index (χ1n) is 7.22. The summed E-state index contributed by atoms with van der Waals surface area (Å²) in [4.78, 5) is 2.60. The van der Waals surface area contributed by atoms with E-state index in [0.717, 1.165) is 13.2 Å². The van der Waals surface area contributed by atoms with Crippen LogP contribution in [0.3, 0.4) is 0 Å². The lowest BCUT2D eigenvalue weighted by Crippen LogP contribution is -2.47. The van der Waals surface area contributed by atoms with Gasteiger partial charge in [0, 0.05) is 5.41 Å². The minimum absolute atomic E-state index is 0. The summed E-state index contributed by atoms with van der Waals surface area (Å²) >= 11 is 0. The maximum atomic E-state index is 5.87. The van der Waals surface area contributed by atoms with E-state index in [4.69, 9.17) is 4.74 Å². The second kappa shape index (κ2) is 6.25. The van der Waals surface area contributed by atoms with Crippen molar-refractivity contribution in [3.05, 3.63) is 35.4 Å². The maximum absolute atomic E-state index is 5.87. The van der Waals surface area contributed by atoms with Gasteiger partial charge in [0.2, 0.25) is 0 Å². The molecule has 2 heterocycles. The number of piperidine rings is 1. The van der Waals surface area contributed by atoms with Gasteiger partial charge in [-0.05, 0) is 50.0 Å². The number of ether oxygens (including phenoxy) is 1. The highest BCUT2D eigenvalue weighted by atomic mass is 35.5. The van der Waals surface area contributed by atoms with Crippen LogP contribution in [0, 0.1) is 0 Å². The highest BCUT2D eigenvalue weighted by Gasteiger charge is 2.39. The smallest absolute Gasteiger partial charge is 0.0720 e. The Kier molecular flexibility index (Phi) is 4.88. The minimum Gasteiger partial charge on any atom is -0.376 e. The van der Waals surface area contributed by atoms with E-state index in [1.165, 1.54) is 44.5 Å². The molecule has 3 rings (SSSR count). The number of rotatable bonds is 2. The Morgan fingerprint density at radius 1 is 1.21 bits per heavy atom. The number of likely N-dealkylation sites (tertiary alicyclic amines) is 1. The van der Waals surface area contributed by atoms with Crippen molar-refractivity contribution < 1.29 is 4.74 Å². The number of hydrogen-bond donors (Lipinski definition) is 0. The van der Waals surface area contributed by atoms with E-state index in [9.17, 15) is 0 Å². The lowest BCUT2D eigenvalue weighted by Gasteiger charge is -2.45. The van der Waals surface area contributed by atoms with Crippen molar-refractivity contribution >= 4 is 12.4 Å². The molecule has 0 bridgehead atoms. The van der Waals surface area contributed by atoms with Crippen LogP contribution in [0.2, 0.25) is 0 Å². The molecule has 1 aromatic carbocycles. The fourth-order valence-corrected chi connectivity index (χ4v) is 3.53. The molecular formula is C16H24ClNO. The number of hydrogen-bond acceptors (Lipinski definition) is 2. The van der Waals surface area contributed by atoms with Crippen molar-refractivity contribution in [3.63, 3.8) is 0 Å². The van der Waals surface area contributed by atoms with E-state index in [-0.39, 0.29) is 12.4 Å². The van der Waals surface area contributed by atoms with Crippen LogP contribution in [0.15, 0.2) is 24.3 Å². The number of fused-ring (bicyclic) bond motifs is 2. The van der Waals surface area contributed by atoms with E-state index < -0.39 is 0 Å². The molecule has 0 N–H and O–H groups in total. The topological polar surface area (TPSA) is 12.5 Å². The lowest BCUT2D eigenvalue weighted by atomic mass is 9.71. The Morgan fingerprint density at radius 3 is 2.68 bits per heavy atom. The normalized spacial score (nSPS) is 21.7. The van der Waals surface area contributed by atoms with E-state index in [2.05, 4.69) is 36.1 Å². The van der Waals surface area contributed by atoms with Gasteiger partial charge in [0.1, 0.15) is 0 Å². The van der Waals surface area contributed by atoms with Gasteiger partial charge in [0.15, 0.2) is 0 Å². The monoisotopic (exact) mass is 281 g/mol. The first-order valence-corrected chi connectivity index (χ1v) is 7.22. The molecule has 0 amide bonds. The largest absolute Gasteiger partial charge is 0.376 e. The molecule has 1 saturated heterocycles. The van der Waals surface area contributed by atoms with Gasteiger partial charge in [-0.25, -0.2) is 0 Å². The van der Waals surface area contributed by atoms with Crippen molar-refractivity contribution in [2.24, 2.45) is 0 Å². The minimum atomic E-state index is 0. The molecule has 1 aromatic rings. The average Bonchev–Trinajstić information content (AvgIpc) is 2.43. The summed E-state index contributed by atoms with van der Waals surface area (Å²) in [5, 5.41) is 0. The molecule has 0 atom stereocenters. The molecule has 0 saturated carbocycles. The van der Waals surface area contributed by atoms with Gasteiger partial charge >= 0.3 is 0 Å². The van der Waals surface area contributed by atoms with Crippen LogP contribution < -0.4 is 0 Å². The van der Waals surface area contributed by atoms with Gasteiger partial charge in [-0.3, -0.25) is 0 Å². The van der Waals surface area contributed by atoms with Crippen LogP contribution in [-0.2, 0) is 16.8 Å². The van der Waals surface area contributed by atoms with Gasteiger partial charge in [0.05, 0.1) is 13.2 Å². The Labute approximate surface area is 122 Å². The third-order valence-corrected chi connectivity index (χ3v) is 4.58. The van der Waals surface area contributed by atoms with Gasteiger partial charge in [0.25, 0.3) is 0 Å². The van der Waals surface area contributed by atoms with Crippen LogP contribution in [0.5, 0.6) is 0 Å². The number of halogens is 1. The molecule has 2 aliphatic heterocycles. The molecule has 0 aromatic heterocycles. The van der Waals surface area contributed by atoms with E-state index >= 15 is 0 Å². The summed E-state index contributed by atoms with van der Waals surface area (Å²) < 4.78 is 5.87. The van der Waals surface area contributed by atoms with E-state index in [1.807, 2.05) is 0 Å². The first-order chi connectivity index (χ1) is 8.84. The lowest BCUT2D eigenvalue weighted by molar-refractivity contribution is 0.0188. The molecule has 0 aliphatic carbocycles. The first kappa shape index (κ1) is 14.8. The zero-order chi connectivity index (χ0) is 12.4. The SMILES string of the molecule is CCCN1CCC2(CC1)COCc1ccccc12.Cl. The van der Waals surface area contributed by atoms with Crippen molar-refractivity contribution in [2.45, 2.75) is 38.2 Å². The summed E-state index contributed by atoms with van der Waals surface area (Å²) in [6, 6.07) is 8.87. The molecule has 2 aliphatic rings. The predicted octanol–water partition coefficient (Wildman–Crippen LogP) is 3.38. The molecule has 106 valence electrons. The quantitative estimate of drug-likeness (QED) is 0.824. The standard InChI is InChI=1S/C16H23NO.ClH/c1-2-9-17-10-7-16(8-11-17)13-18-12-14-5-3-4-6-15(14)16;/h3-6H,2,7-13H2,1H3;1H. The Morgan fingerprint density at radius 2 is 1.95 bits per heavy atom. The van der Waals surface area contributed by atoms with Crippen LogP contribution in [0.4, 0.5) is 0 Å². The Balaban J connectivity index is 0.00000133. The van der Waals surface area contributed by atoms with Crippen LogP contribution in [0.1, 0.15) is 37.3 Å². The van der Waals surface area contributed by atoms with Crippen molar-refractivity contribution in [1.29, 1.82) is 0 Å². The van der Waals surface area contributed by atoms with Gasteiger partial charge in [-0.15, -0.1) is 12.4 Å². The summed E-state index contributed by atoms with van der Waals surface area (Å²) in [7, 11) is 0. The summed E-state index contributed by atoms with van der Waals surface area (Å²) in [5.74, 6) is 0. The Bertz CT molecular complexity index is 413. The van der Waals surface area contributed by atoms with E-state index in [1.54, 1.807) is 5.56 Å². The molecule has 0 radical (unpaired) electrons. The summed E-state index contributed by atoms with van der Waals surface area (Å²) in [6.07, 6.45) is 3.77. The van der Waals surface area contributed by atoms with Crippen LogP contribution in [-0.4, -0.2) is 31.1 Å². The van der Waals surface area contributed by atoms with Gasteiger partial charge < -0.3 is 9.64 Å². The second-order valence-electron chi connectivity index (χ2n) is 5.77. The maximum Gasteiger partial charge on any atom is 0.0720 e. The third-order valence-electron chi connectivity index (χ3n) is 4.58. The molecule has 3 heteroatoms. The second-order valence-corrected chi connectivity index (χ2v) is 5.77. The number of benzene rings is 1. The molecule has 1 spiro atoms. The van der Waals surface area contributed by atoms with E-state index in [0.29, 0.717) is 5.41 Å². The van der Waals surface area contributed by atoms with Crippen LogP contribution >= 0.6 is 12.4 Å². The highest BCUT2D eigenvalue weighted by molar-refractivity contribution is 5.85. The van der Waals surface area contributed by atoms with Crippen LogP contribution in [0.25, 0.3) is 0 Å². The predicted molar refractivity (Wildman–Crippen MR) is 81.0 cm³/mol. The fourth-order valence-electron chi connectivity index (χ4n) is 3.53. The zero-order valence-corrected chi connectivity index (χ0v) is 12.5. The number of nitrogens with zero attached hydrogens (tertiary/aromatic N) is 1. The highest BCUT2D eigenvalue weighted by Crippen LogP contribution is 2.40. The van der Waals surface area contributed by atoms with Gasteiger partial charge in [-0.2, -0.15) is 0 Å². The van der Waals surface area contributed by atoms with Crippen molar-refractivity contribution in [2.75, 3.05) is 26.2 Å². The third kappa shape index (κ3) is 2.81. The molecule has 0 unspecified atom stereocenters. The zero-order valence-electron chi connectivity index (χ0n) is 11.7.